The summed E-state index contributed by atoms with van der Waals surface area (Å²) in [4.78, 5) is 70.8. The summed E-state index contributed by atoms with van der Waals surface area (Å²) in [6.45, 7) is 7.97. The van der Waals surface area contributed by atoms with Gasteiger partial charge in [-0.25, -0.2) is 19.4 Å². The first-order chi connectivity index (χ1) is 30.8. The SMILES string of the molecule is Nc1ncnc2c1c(-c1ccc(Oc3ccccc3)cc1)nn2C1CCCN(C(=O)N2CCC(CCN3CCN(c4ccc5c(c4)CN(C4CCC(=O)NC4=O)C5=O)CC3)CC2)C1. The highest BCUT2D eigenvalue weighted by molar-refractivity contribution is 6.05. The molecule has 2 atom stereocenters. The van der Waals surface area contributed by atoms with Crippen molar-refractivity contribution in [3.8, 4) is 22.8 Å². The first-order valence-corrected chi connectivity index (χ1v) is 22.4. The fraction of sp³-hybridized carbons (Fsp3) is 0.426. The Morgan fingerprint density at radius 3 is 2.38 bits per heavy atom. The third-order valence-corrected chi connectivity index (χ3v) is 13.6. The number of amides is 5. The number of piperazine rings is 1. The highest BCUT2D eigenvalue weighted by Crippen LogP contribution is 2.36. The van der Waals surface area contributed by atoms with Crippen LogP contribution in [0.5, 0.6) is 11.5 Å². The number of hydrogen-bond donors (Lipinski definition) is 2. The smallest absolute Gasteiger partial charge is 0.320 e. The number of ether oxygens (including phenoxy) is 1. The van der Waals surface area contributed by atoms with Gasteiger partial charge in [0.25, 0.3) is 5.91 Å². The van der Waals surface area contributed by atoms with Gasteiger partial charge in [-0.05, 0) is 111 Å². The largest absolute Gasteiger partial charge is 0.457 e. The molecular formula is C47H53N11O5. The highest BCUT2D eigenvalue weighted by Gasteiger charge is 2.39. The van der Waals surface area contributed by atoms with Crippen LogP contribution in [0.2, 0.25) is 0 Å². The van der Waals surface area contributed by atoms with E-state index in [0.29, 0.717) is 53.5 Å². The maximum Gasteiger partial charge on any atom is 0.320 e. The molecule has 7 heterocycles. The van der Waals surface area contributed by atoms with Gasteiger partial charge in [0.15, 0.2) is 5.65 Å². The van der Waals surface area contributed by atoms with Crippen LogP contribution in [0.4, 0.5) is 16.3 Å². The number of anilines is 2. The lowest BCUT2D eigenvalue weighted by Gasteiger charge is -2.40. The number of nitrogens with two attached hydrogens (primary N) is 1. The molecule has 3 N–H and O–H groups in total. The summed E-state index contributed by atoms with van der Waals surface area (Å²) in [7, 11) is 0. The molecule has 63 heavy (non-hydrogen) atoms. The second kappa shape index (κ2) is 17.3. The van der Waals surface area contributed by atoms with Crippen molar-refractivity contribution in [1.29, 1.82) is 0 Å². The van der Waals surface area contributed by atoms with Crippen molar-refractivity contribution in [3.05, 3.63) is 90.3 Å². The Bertz CT molecular complexity index is 2510. The number of nitrogens with one attached hydrogen (secondary N) is 1. The van der Waals surface area contributed by atoms with Crippen LogP contribution >= 0.6 is 0 Å². The lowest BCUT2D eigenvalue weighted by molar-refractivity contribution is -0.136. The van der Waals surface area contributed by atoms with Crippen molar-refractivity contribution < 1.29 is 23.9 Å². The average Bonchev–Trinajstić information content (AvgIpc) is 3.87. The Kier molecular flexibility index (Phi) is 11.1. The van der Waals surface area contributed by atoms with Crippen LogP contribution < -0.4 is 20.7 Å². The third kappa shape index (κ3) is 8.26. The zero-order valence-corrected chi connectivity index (χ0v) is 35.4. The molecule has 5 aliphatic rings. The minimum absolute atomic E-state index is 0.0470. The Morgan fingerprint density at radius 1 is 0.825 bits per heavy atom. The number of imide groups is 1. The number of carbonyl (C=O) groups is 4. The summed E-state index contributed by atoms with van der Waals surface area (Å²) in [6, 6.07) is 22.9. The van der Waals surface area contributed by atoms with Crippen molar-refractivity contribution in [2.24, 2.45) is 5.92 Å². The van der Waals surface area contributed by atoms with Crippen molar-refractivity contribution in [1.82, 2.24) is 44.7 Å². The first-order valence-electron chi connectivity index (χ1n) is 22.4. The molecule has 0 aliphatic carbocycles. The number of hydrogen-bond acceptors (Lipinski definition) is 11. The molecule has 5 amide bonds. The molecule has 0 spiro atoms. The molecule has 5 aliphatic heterocycles. The summed E-state index contributed by atoms with van der Waals surface area (Å²) < 4.78 is 7.97. The topological polar surface area (TPSA) is 175 Å². The maximum absolute atomic E-state index is 14.0. The lowest BCUT2D eigenvalue weighted by atomic mass is 9.93. The minimum Gasteiger partial charge on any atom is -0.457 e. The van der Waals surface area contributed by atoms with Gasteiger partial charge in [-0.3, -0.25) is 24.6 Å². The zero-order valence-electron chi connectivity index (χ0n) is 35.4. The van der Waals surface area contributed by atoms with Crippen LogP contribution in [0.15, 0.2) is 79.1 Å². The molecule has 326 valence electrons. The second-order valence-corrected chi connectivity index (χ2v) is 17.5. The predicted octanol–water partition coefficient (Wildman–Crippen LogP) is 5.31. The van der Waals surface area contributed by atoms with E-state index in [-0.39, 0.29) is 36.2 Å². The molecule has 16 nitrogen and oxygen atoms in total. The first kappa shape index (κ1) is 40.5. The van der Waals surface area contributed by atoms with E-state index in [1.807, 2.05) is 81.2 Å². The second-order valence-electron chi connectivity index (χ2n) is 17.5. The number of carbonyl (C=O) groups excluding carboxylic acids is 4. The van der Waals surface area contributed by atoms with Gasteiger partial charge >= 0.3 is 6.03 Å². The molecule has 0 radical (unpaired) electrons. The monoisotopic (exact) mass is 851 g/mol. The van der Waals surface area contributed by atoms with Gasteiger partial charge < -0.3 is 30.1 Å². The van der Waals surface area contributed by atoms with Gasteiger partial charge in [0, 0.05) is 82.1 Å². The molecule has 4 fully saturated rings. The van der Waals surface area contributed by atoms with E-state index in [0.717, 1.165) is 113 Å². The average molecular weight is 852 g/mol. The summed E-state index contributed by atoms with van der Waals surface area (Å²) in [5, 5.41) is 8.18. The molecule has 5 aromatic rings. The van der Waals surface area contributed by atoms with E-state index < -0.39 is 6.04 Å². The van der Waals surface area contributed by atoms with Gasteiger partial charge in [0.05, 0.1) is 11.4 Å². The Hall–Kier alpha value is -6.55. The van der Waals surface area contributed by atoms with Gasteiger partial charge in [0.1, 0.15) is 35.4 Å². The van der Waals surface area contributed by atoms with Gasteiger partial charge in [-0.1, -0.05) is 18.2 Å². The predicted molar refractivity (Wildman–Crippen MR) is 237 cm³/mol. The van der Waals surface area contributed by atoms with Crippen molar-refractivity contribution in [2.75, 3.05) is 69.5 Å². The number of likely N-dealkylation sites (tertiary alicyclic amines) is 2. The summed E-state index contributed by atoms with van der Waals surface area (Å²) in [5.41, 5.74) is 11.4. The highest BCUT2D eigenvalue weighted by atomic mass is 16.5. The molecule has 0 bridgehead atoms. The number of aromatic nitrogens is 4. The van der Waals surface area contributed by atoms with Crippen LogP contribution in [0.3, 0.4) is 0 Å². The van der Waals surface area contributed by atoms with E-state index >= 15 is 0 Å². The van der Waals surface area contributed by atoms with E-state index in [1.54, 1.807) is 4.90 Å². The van der Waals surface area contributed by atoms with E-state index in [9.17, 15) is 19.2 Å². The molecule has 0 saturated carbocycles. The number of rotatable bonds is 9. The van der Waals surface area contributed by atoms with E-state index in [4.69, 9.17) is 15.6 Å². The van der Waals surface area contributed by atoms with Crippen LogP contribution in [0.25, 0.3) is 22.3 Å². The summed E-state index contributed by atoms with van der Waals surface area (Å²) >= 11 is 0. The number of urea groups is 1. The molecule has 2 unspecified atom stereocenters. The Balaban J connectivity index is 0.700. The Morgan fingerprint density at radius 2 is 1.60 bits per heavy atom. The standard InChI is InChI=1S/C47H53N11O5/c48-43-41-42(32-8-11-37(12-9-32)63-36-6-2-1-3-7-36)52-58(44(41)50-30-49-43)35-5-4-19-56(29-35)47(62)55-21-17-31(18-22-55)16-20-53-23-25-54(26-24-53)34-10-13-38-33(27-34)28-57(46(38)61)39-14-15-40(59)51-45(39)60/h1-3,6-13,27,30-31,35,39H,4-5,14-26,28-29H2,(H2,48,49,50)(H,51,59,60). The third-order valence-electron chi connectivity index (χ3n) is 13.6. The van der Waals surface area contributed by atoms with Crippen LogP contribution in [-0.4, -0.2) is 128 Å². The molecule has 4 saturated heterocycles. The summed E-state index contributed by atoms with van der Waals surface area (Å²) in [5.74, 6) is 1.63. The molecule has 16 heteroatoms. The van der Waals surface area contributed by atoms with Crippen LogP contribution in [0.1, 0.15) is 66.9 Å². The van der Waals surface area contributed by atoms with Crippen LogP contribution in [-0.2, 0) is 16.1 Å². The van der Waals surface area contributed by atoms with Crippen molar-refractivity contribution in [2.45, 2.75) is 63.6 Å². The molecule has 3 aromatic carbocycles. The van der Waals surface area contributed by atoms with E-state index in [1.165, 1.54) is 6.33 Å². The van der Waals surface area contributed by atoms with Gasteiger partial charge in [0.2, 0.25) is 11.8 Å². The number of nitrogen functional groups attached to an aromatic ring is 1. The van der Waals surface area contributed by atoms with Gasteiger partial charge in [-0.15, -0.1) is 0 Å². The van der Waals surface area contributed by atoms with Crippen LogP contribution in [0, 0.1) is 5.92 Å². The van der Waals surface area contributed by atoms with Crippen molar-refractivity contribution in [3.63, 3.8) is 0 Å². The minimum atomic E-state index is -0.607. The number of piperidine rings is 3. The molecule has 2 aromatic heterocycles. The fourth-order valence-corrected chi connectivity index (χ4v) is 10.1. The van der Waals surface area contributed by atoms with E-state index in [2.05, 4.69) is 31.2 Å². The number of fused-ring (bicyclic) bond motifs is 2. The fourth-order valence-electron chi connectivity index (χ4n) is 10.1. The summed E-state index contributed by atoms with van der Waals surface area (Å²) in [6.07, 6.45) is 6.97. The molecule has 10 rings (SSSR count). The lowest BCUT2D eigenvalue weighted by Crippen LogP contribution is -2.52. The zero-order chi connectivity index (χ0) is 43.0. The number of para-hydroxylation sites is 1. The molecular weight excluding hydrogens is 799 g/mol. The maximum atomic E-state index is 14.0. The normalized spacial score (nSPS) is 21.2. The quantitative estimate of drug-likeness (QED) is 0.184. The van der Waals surface area contributed by atoms with Crippen molar-refractivity contribution >= 4 is 46.3 Å². The van der Waals surface area contributed by atoms with Gasteiger partial charge in [-0.2, -0.15) is 5.10 Å². The Labute approximate surface area is 366 Å². The number of benzene rings is 3. The number of nitrogens with zero attached hydrogens (tertiary/aromatic N) is 9.